The molecule has 7 heteroatoms. The first-order valence-electron chi connectivity index (χ1n) is 8.87. The van der Waals surface area contributed by atoms with Gasteiger partial charge < -0.3 is 9.88 Å². The van der Waals surface area contributed by atoms with Crippen LogP contribution in [-0.2, 0) is 17.8 Å². The molecule has 0 aliphatic rings. The van der Waals surface area contributed by atoms with Crippen LogP contribution >= 0.6 is 0 Å². The Hall–Kier alpha value is -3.74. The van der Waals surface area contributed by atoms with Crippen molar-refractivity contribution >= 4 is 17.7 Å². The van der Waals surface area contributed by atoms with Crippen LogP contribution in [0.15, 0.2) is 73.1 Å². The van der Waals surface area contributed by atoms with Gasteiger partial charge in [-0.25, -0.2) is 4.98 Å². The minimum Gasteiger partial charge on any atom is -0.352 e. The molecule has 3 rings (SSSR count). The second-order valence-electron chi connectivity index (χ2n) is 6.15. The van der Waals surface area contributed by atoms with Crippen molar-refractivity contribution in [2.24, 2.45) is 0 Å². The van der Waals surface area contributed by atoms with Crippen molar-refractivity contribution in [3.05, 3.63) is 100 Å². The van der Waals surface area contributed by atoms with Gasteiger partial charge in [0.1, 0.15) is 5.82 Å². The van der Waals surface area contributed by atoms with E-state index in [2.05, 4.69) is 22.4 Å². The number of amides is 1. The first-order valence-corrected chi connectivity index (χ1v) is 8.87. The number of carbonyl (C=O) groups is 1. The van der Waals surface area contributed by atoms with Crippen LogP contribution in [0.4, 0.5) is 5.69 Å². The van der Waals surface area contributed by atoms with Crippen LogP contribution in [-0.4, -0.2) is 26.9 Å². The van der Waals surface area contributed by atoms with Gasteiger partial charge in [0.05, 0.1) is 10.5 Å². The van der Waals surface area contributed by atoms with Gasteiger partial charge in [0.2, 0.25) is 5.91 Å². The van der Waals surface area contributed by atoms with Gasteiger partial charge in [-0.3, -0.25) is 14.9 Å². The van der Waals surface area contributed by atoms with E-state index in [4.69, 9.17) is 0 Å². The summed E-state index contributed by atoms with van der Waals surface area (Å²) >= 11 is 0. The zero-order chi connectivity index (χ0) is 19.8. The molecule has 0 aliphatic heterocycles. The number of nitro benzene ring substituents is 1. The maximum atomic E-state index is 12.0. The lowest BCUT2D eigenvalue weighted by Crippen LogP contribution is -2.24. The van der Waals surface area contributed by atoms with Gasteiger partial charge >= 0.3 is 0 Å². The Labute approximate surface area is 162 Å². The molecule has 1 aromatic heterocycles. The number of hydrogen-bond acceptors (Lipinski definition) is 4. The van der Waals surface area contributed by atoms with Gasteiger partial charge in [-0.1, -0.05) is 42.5 Å². The SMILES string of the molecule is O=C(/C=C/c1ccccc1[N+](=O)[O-])NCCc1nccn1Cc1ccccc1. The van der Waals surface area contributed by atoms with Crippen LogP contribution in [0, 0.1) is 10.1 Å². The topological polar surface area (TPSA) is 90.1 Å². The number of imidazole rings is 1. The summed E-state index contributed by atoms with van der Waals surface area (Å²) in [5.74, 6) is 0.575. The minimum atomic E-state index is -0.468. The van der Waals surface area contributed by atoms with E-state index in [1.54, 1.807) is 24.4 Å². The average Bonchev–Trinajstić information content (AvgIpc) is 3.14. The Balaban J connectivity index is 1.53. The zero-order valence-corrected chi connectivity index (χ0v) is 15.2. The molecule has 1 amide bonds. The Kier molecular flexibility index (Phi) is 6.30. The molecule has 0 aliphatic carbocycles. The molecule has 3 aromatic rings. The van der Waals surface area contributed by atoms with E-state index in [0.717, 1.165) is 12.4 Å². The first-order chi connectivity index (χ1) is 13.6. The van der Waals surface area contributed by atoms with E-state index in [-0.39, 0.29) is 11.6 Å². The summed E-state index contributed by atoms with van der Waals surface area (Å²) in [6.45, 7) is 1.15. The monoisotopic (exact) mass is 376 g/mol. The van der Waals surface area contributed by atoms with Crippen molar-refractivity contribution in [1.29, 1.82) is 0 Å². The average molecular weight is 376 g/mol. The van der Waals surface area contributed by atoms with Crippen molar-refractivity contribution in [2.75, 3.05) is 6.54 Å². The van der Waals surface area contributed by atoms with Crippen LogP contribution in [0.1, 0.15) is 17.0 Å². The third-order valence-corrected chi connectivity index (χ3v) is 4.19. The lowest BCUT2D eigenvalue weighted by atomic mass is 10.1. The van der Waals surface area contributed by atoms with Gasteiger partial charge in [0, 0.05) is 44.0 Å². The molecule has 2 aromatic carbocycles. The Morgan fingerprint density at radius 2 is 1.89 bits per heavy atom. The Morgan fingerprint density at radius 1 is 1.14 bits per heavy atom. The molecule has 1 N–H and O–H groups in total. The summed E-state index contributed by atoms with van der Waals surface area (Å²) in [5, 5.41) is 13.8. The molecular formula is C21H20N4O3. The van der Waals surface area contributed by atoms with E-state index in [0.29, 0.717) is 18.5 Å². The second-order valence-corrected chi connectivity index (χ2v) is 6.15. The Bertz CT molecular complexity index is 980. The molecular weight excluding hydrogens is 356 g/mol. The number of nitro groups is 1. The summed E-state index contributed by atoms with van der Waals surface area (Å²) in [6, 6.07) is 16.4. The number of rotatable bonds is 8. The van der Waals surface area contributed by atoms with Gasteiger partial charge in [-0.2, -0.15) is 0 Å². The van der Waals surface area contributed by atoms with Gasteiger partial charge in [-0.15, -0.1) is 0 Å². The quantitative estimate of drug-likeness (QED) is 0.371. The fourth-order valence-electron chi connectivity index (χ4n) is 2.81. The molecule has 0 radical (unpaired) electrons. The number of nitrogens with zero attached hydrogens (tertiary/aromatic N) is 3. The minimum absolute atomic E-state index is 0.0329. The molecule has 0 spiro atoms. The lowest BCUT2D eigenvalue weighted by molar-refractivity contribution is -0.385. The molecule has 0 bridgehead atoms. The fraction of sp³-hybridized carbons (Fsp3) is 0.143. The van der Waals surface area contributed by atoms with Crippen molar-refractivity contribution < 1.29 is 9.72 Å². The van der Waals surface area contributed by atoms with Crippen molar-refractivity contribution in [3.8, 4) is 0 Å². The van der Waals surface area contributed by atoms with E-state index in [1.165, 1.54) is 23.8 Å². The van der Waals surface area contributed by atoms with Crippen molar-refractivity contribution in [3.63, 3.8) is 0 Å². The first kappa shape index (κ1) is 19.0. The lowest BCUT2D eigenvalue weighted by Gasteiger charge is -2.08. The summed E-state index contributed by atoms with van der Waals surface area (Å²) in [5.41, 5.74) is 1.54. The molecule has 0 atom stereocenters. The Morgan fingerprint density at radius 3 is 2.68 bits per heavy atom. The number of hydrogen-bond donors (Lipinski definition) is 1. The summed E-state index contributed by atoms with van der Waals surface area (Å²) < 4.78 is 2.05. The zero-order valence-electron chi connectivity index (χ0n) is 15.2. The van der Waals surface area contributed by atoms with Crippen molar-refractivity contribution in [2.45, 2.75) is 13.0 Å². The molecule has 0 unspecified atom stereocenters. The van der Waals surface area contributed by atoms with Crippen LogP contribution < -0.4 is 5.32 Å². The molecule has 1 heterocycles. The standard InChI is InChI=1S/C21H20N4O3/c26-21(11-10-18-8-4-5-9-19(18)25(27)28)23-13-12-20-22-14-15-24(20)16-17-6-2-1-3-7-17/h1-11,14-15H,12-13,16H2,(H,23,26)/b11-10+. The number of aromatic nitrogens is 2. The number of carbonyl (C=O) groups excluding carboxylic acids is 1. The third kappa shape index (κ3) is 5.14. The summed E-state index contributed by atoms with van der Waals surface area (Å²) in [7, 11) is 0. The maximum absolute atomic E-state index is 12.0. The molecule has 28 heavy (non-hydrogen) atoms. The maximum Gasteiger partial charge on any atom is 0.276 e. The molecule has 7 nitrogen and oxygen atoms in total. The van der Waals surface area contributed by atoms with Crippen molar-refractivity contribution in [1.82, 2.24) is 14.9 Å². The van der Waals surface area contributed by atoms with Crippen LogP contribution in [0.2, 0.25) is 0 Å². The third-order valence-electron chi connectivity index (χ3n) is 4.19. The smallest absolute Gasteiger partial charge is 0.276 e. The normalized spacial score (nSPS) is 10.9. The molecule has 0 saturated heterocycles. The van der Waals surface area contributed by atoms with E-state index in [1.807, 2.05) is 29.0 Å². The molecule has 0 saturated carbocycles. The predicted molar refractivity (Wildman–Crippen MR) is 107 cm³/mol. The van der Waals surface area contributed by atoms with Gasteiger partial charge in [0.15, 0.2) is 0 Å². The number of para-hydroxylation sites is 1. The molecule has 0 fully saturated rings. The highest BCUT2D eigenvalue weighted by Crippen LogP contribution is 2.18. The van der Waals surface area contributed by atoms with E-state index >= 15 is 0 Å². The van der Waals surface area contributed by atoms with E-state index in [9.17, 15) is 14.9 Å². The molecule has 142 valence electrons. The van der Waals surface area contributed by atoms with E-state index < -0.39 is 4.92 Å². The van der Waals surface area contributed by atoms with Crippen LogP contribution in [0.5, 0.6) is 0 Å². The van der Waals surface area contributed by atoms with Crippen LogP contribution in [0.3, 0.4) is 0 Å². The number of benzene rings is 2. The second kappa shape index (κ2) is 9.27. The highest BCUT2D eigenvalue weighted by Gasteiger charge is 2.10. The highest BCUT2D eigenvalue weighted by atomic mass is 16.6. The fourth-order valence-corrected chi connectivity index (χ4v) is 2.81. The predicted octanol–water partition coefficient (Wildman–Crippen LogP) is 3.21. The number of nitrogens with one attached hydrogen (secondary N) is 1. The van der Waals surface area contributed by atoms with Crippen LogP contribution in [0.25, 0.3) is 6.08 Å². The highest BCUT2D eigenvalue weighted by molar-refractivity contribution is 5.92. The van der Waals surface area contributed by atoms with Gasteiger partial charge in [0.25, 0.3) is 5.69 Å². The summed E-state index contributed by atoms with van der Waals surface area (Å²) in [4.78, 5) is 26.9. The largest absolute Gasteiger partial charge is 0.352 e. The summed E-state index contributed by atoms with van der Waals surface area (Å²) in [6.07, 6.45) is 7.00. The van der Waals surface area contributed by atoms with Gasteiger partial charge in [-0.05, 0) is 17.7 Å².